The summed E-state index contributed by atoms with van der Waals surface area (Å²) in [5.41, 5.74) is 11.2. The summed E-state index contributed by atoms with van der Waals surface area (Å²) in [6.45, 7) is 62.5. The summed E-state index contributed by atoms with van der Waals surface area (Å²) in [6.07, 6.45) is 30.3. The van der Waals surface area contributed by atoms with Crippen molar-refractivity contribution in [3.63, 3.8) is 0 Å². The Hall–Kier alpha value is -8.54. The fourth-order valence-corrected chi connectivity index (χ4v) is 15.9. The molecule has 0 spiro atoms. The number of hydrogen-bond donors (Lipinski definition) is 4. The molecule has 1 unspecified atom stereocenters. The highest BCUT2D eigenvalue weighted by Gasteiger charge is 2.33. The third kappa shape index (κ3) is 33.2. The first-order chi connectivity index (χ1) is 58.8. The number of piperazine rings is 1. The molecule has 14 rings (SSSR count). The number of aromatic nitrogens is 10. The zero-order chi connectivity index (χ0) is 91.1. The Morgan fingerprint density at radius 2 is 0.912 bits per heavy atom. The molecule has 4 N–H and O–H groups in total. The number of nitrogens with one attached hydrogen (secondary N) is 4. The van der Waals surface area contributed by atoms with Crippen molar-refractivity contribution in [3.8, 4) is 0 Å². The predicted octanol–water partition coefficient (Wildman–Crippen LogP) is 19.3. The Bertz CT molecular complexity index is 4410. The highest BCUT2D eigenvalue weighted by atomic mass is 16.5. The van der Waals surface area contributed by atoms with Gasteiger partial charge in [0.25, 0.3) is 0 Å². The minimum absolute atomic E-state index is 0.0157. The summed E-state index contributed by atoms with van der Waals surface area (Å²) in [4.78, 5) is 83.0. The number of amides is 2. The summed E-state index contributed by atoms with van der Waals surface area (Å²) in [6, 6.07) is 26.0. The van der Waals surface area contributed by atoms with Crippen molar-refractivity contribution in [2.24, 2.45) is 11.3 Å². The fraction of sp³-hybridized carbons (Fsp3) is 0.667. The van der Waals surface area contributed by atoms with E-state index in [0.717, 1.165) is 181 Å². The summed E-state index contributed by atoms with van der Waals surface area (Å²) in [5.74, 6) is 6.74. The Morgan fingerprint density at radius 1 is 0.424 bits per heavy atom. The van der Waals surface area contributed by atoms with Crippen LogP contribution in [-0.2, 0) is 59.7 Å². The summed E-state index contributed by atoms with van der Waals surface area (Å²) >= 11 is 0. The van der Waals surface area contributed by atoms with E-state index in [1.54, 1.807) is 12.7 Å². The maximum absolute atomic E-state index is 12.3. The molecule has 1 atom stereocenters. The molecule has 23 heteroatoms. The highest BCUT2D eigenvalue weighted by molar-refractivity contribution is 5.81. The van der Waals surface area contributed by atoms with Crippen LogP contribution in [0.25, 0.3) is 0 Å². The quantitative estimate of drug-likeness (QED) is 0.0662. The van der Waals surface area contributed by atoms with Crippen molar-refractivity contribution < 1.29 is 14.3 Å². The second-order valence-electron chi connectivity index (χ2n) is 43.7. The van der Waals surface area contributed by atoms with E-state index in [9.17, 15) is 9.59 Å². The second-order valence-corrected chi connectivity index (χ2v) is 43.7. The van der Waals surface area contributed by atoms with Crippen LogP contribution >= 0.6 is 0 Å². The van der Waals surface area contributed by atoms with Gasteiger partial charge in [0.2, 0.25) is 17.8 Å². The van der Waals surface area contributed by atoms with Gasteiger partial charge in [-0.25, -0.2) is 29.9 Å². The molecule has 2 amide bonds. The molecule has 7 aromatic rings. The van der Waals surface area contributed by atoms with Gasteiger partial charge in [0.1, 0.15) is 41.7 Å². The Kier molecular flexibility index (Phi) is 36.4. The SMILES string of the molecule is CC(C)(C)C(=O)N1CCC(Nc2cc(C(C)(C)C)ncn2)CC1.CC(C)(C)c1cc(NC2COC2)nc(N2CCCCC2)n1.CC(C)(C)c1ccnc(Cc2ccncc2)c1.CC(C)CC(=O)N1CCC(Nc2cc(C(C)(C)C)ncn2)CC1.CN1CCCCC1CCc1cc(C(C)(C)C)ccn1.CN1CCN(c2cc(C(C)(C)C)cc(NC3CCC3)n2)CC1. The lowest BCUT2D eigenvalue weighted by Crippen LogP contribution is -2.46. The number of nitrogens with zero attached hydrogens (tertiary/aromatic N) is 16. The van der Waals surface area contributed by atoms with Crippen molar-refractivity contribution in [2.45, 2.75) is 331 Å². The molecular formula is C102H162N20O3. The molecule has 7 fully saturated rings. The molecule has 0 aromatic carbocycles. The Balaban J connectivity index is 0.000000170. The predicted molar refractivity (Wildman–Crippen MR) is 517 cm³/mol. The number of likely N-dealkylation sites (N-methyl/N-ethyl adjacent to an activating group) is 1. The lowest BCUT2D eigenvalue weighted by molar-refractivity contribution is -0.140. The molecule has 13 heterocycles. The Morgan fingerprint density at radius 3 is 1.40 bits per heavy atom. The lowest BCUT2D eigenvalue weighted by atomic mass is 9.87. The van der Waals surface area contributed by atoms with Gasteiger partial charge in [-0.1, -0.05) is 166 Å². The summed E-state index contributed by atoms with van der Waals surface area (Å²) in [7, 11) is 4.46. The van der Waals surface area contributed by atoms with Gasteiger partial charge in [0, 0.05) is 178 Å². The van der Waals surface area contributed by atoms with Crippen LogP contribution in [0, 0.1) is 11.3 Å². The van der Waals surface area contributed by atoms with Crippen LogP contribution in [0.15, 0.2) is 104 Å². The topological polar surface area (TPSA) is 240 Å². The van der Waals surface area contributed by atoms with Gasteiger partial charge >= 0.3 is 0 Å². The van der Waals surface area contributed by atoms with Gasteiger partial charge in [-0.2, -0.15) is 4.98 Å². The van der Waals surface area contributed by atoms with Gasteiger partial charge in [0.15, 0.2) is 0 Å². The molecule has 1 aliphatic carbocycles. The van der Waals surface area contributed by atoms with E-state index in [0.29, 0.717) is 36.5 Å². The van der Waals surface area contributed by atoms with E-state index in [-0.39, 0.29) is 49.7 Å². The van der Waals surface area contributed by atoms with Gasteiger partial charge < -0.3 is 55.4 Å². The number of carbonyl (C=O) groups is 2. The molecule has 6 aliphatic heterocycles. The number of hydrogen-bond acceptors (Lipinski definition) is 21. The van der Waals surface area contributed by atoms with Crippen molar-refractivity contribution in [1.29, 1.82) is 0 Å². The molecule has 7 aromatic heterocycles. The number of rotatable bonds is 17. The molecule has 125 heavy (non-hydrogen) atoms. The largest absolute Gasteiger partial charge is 0.377 e. The molecular weight excluding hydrogens is 1550 g/mol. The third-order valence-corrected chi connectivity index (χ3v) is 24.7. The van der Waals surface area contributed by atoms with Gasteiger partial charge in [-0.3, -0.25) is 24.5 Å². The minimum Gasteiger partial charge on any atom is -0.377 e. The van der Waals surface area contributed by atoms with Crippen LogP contribution in [0.5, 0.6) is 0 Å². The second kappa shape index (κ2) is 45.4. The average molecular weight is 1720 g/mol. The van der Waals surface area contributed by atoms with Crippen LogP contribution in [0.3, 0.4) is 0 Å². The number of pyridine rings is 4. The monoisotopic (exact) mass is 1720 g/mol. The van der Waals surface area contributed by atoms with Crippen LogP contribution in [0.4, 0.5) is 35.0 Å². The first-order valence-corrected chi connectivity index (χ1v) is 47.3. The van der Waals surface area contributed by atoms with E-state index in [4.69, 9.17) is 19.7 Å². The standard InChI is InChI=1S/2C18H30N4O.C18H30N4.C17H28N2.C16H26N4O.C15H18N2/c1-17(2,3)14-11-15(20-12-19-14)21-13-7-9-22(10-8-13)16(23)18(4,5)6;1-13(2)10-17(23)22-8-6-14(7-9-22)21-16-11-15(18(3,4)5)19-12-20-16;1-18(2,3)14-12-16(19-15-6-5-7-15)20-17(13-14)22-10-8-21(4)9-11-22;1-17(2,3)14-10-11-18-15(13-14)8-9-16-7-5-6-12-19(16)4;1-16(2,3)13-9-14(17-12-10-21-11-12)19-15(18-13)20-7-5-4-6-8-20;1-15(2,3)13-6-9-17-14(11-13)10-12-4-7-16-8-5-12/h11-13H,7-10H2,1-6H3,(H,19,20,21);11-14H,6-10H2,1-5H3,(H,19,20,21);12-13,15H,5-11H2,1-4H3,(H,19,20);10-11,13,16H,5-9,12H2,1-4H3;9,12H,4-8,10-11H2,1-3H3,(H,17,18,19);4-9,11H,10H2,1-3H3. The molecule has 1 saturated carbocycles. The minimum atomic E-state index is -0.297. The zero-order valence-corrected chi connectivity index (χ0v) is 81.9. The van der Waals surface area contributed by atoms with E-state index in [2.05, 4.69) is 271 Å². The summed E-state index contributed by atoms with van der Waals surface area (Å²) < 4.78 is 5.23. The normalized spacial score (nSPS) is 18.1. The van der Waals surface area contributed by atoms with Gasteiger partial charge in [-0.05, 0) is 203 Å². The molecule has 688 valence electrons. The average Bonchev–Trinajstić information content (AvgIpc) is 0.808. The van der Waals surface area contributed by atoms with Crippen molar-refractivity contribution in [1.82, 2.24) is 69.4 Å². The first kappa shape index (κ1) is 100. The van der Waals surface area contributed by atoms with Gasteiger partial charge in [0.05, 0.1) is 36.3 Å². The van der Waals surface area contributed by atoms with Gasteiger partial charge in [-0.15, -0.1) is 0 Å². The van der Waals surface area contributed by atoms with Crippen molar-refractivity contribution in [3.05, 3.63) is 155 Å². The number of carbonyl (C=O) groups excluding carboxylic acids is 2. The van der Waals surface area contributed by atoms with Crippen LogP contribution in [-0.4, -0.2) is 211 Å². The molecule has 23 nitrogen and oxygen atoms in total. The summed E-state index contributed by atoms with van der Waals surface area (Å²) in [5, 5.41) is 14.1. The maximum Gasteiger partial charge on any atom is 0.227 e. The smallest absolute Gasteiger partial charge is 0.227 e. The van der Waals surface area contributed by atoms with E-state index < -0.39 is 0 Å². The Labute approximate surface area is 754 Å². The number of likely N-dealkylation sites (tertiary alicyclic amines) is 3. The number of piperidine rings is 4. The maximum atomic E-state index is 12.3. The third-order valence-electron chi connectivity index (χ3n) is 24.7. The highest BCUT2D eigenvalue weighted by Crippen LogP contribution is 2.34. The molecule has 0 radical (unpaired) electrons. The van der Waals surface area contributed by atoms with E-state index in [1.807, 2.05) is 79.6 Å². The number of anilines is 6. The van der Waals surface area contributed by atoms with Crippen molar-refractivity contribution in [2.75, 3.05) is 130 Å². The van der Waals surface area contributed by atoms with Crippen LogP contribution < -0.4 is 31.1 Å². The fourth-order valence-electron chi connectivity index (χ4n) is 15.9. The van der Waals surface area contributed by atoms with E-state index >= 15 is 0 Å². The van der Waals surface area contributed by atoms with Crippen molar-refractivity contribution >= 4 is 46.9 Å². The molecule has 7 aliphatic rings. The van der Waals surface area contributed by atoms with E-state index in [1.165, 1.54) is 98.7 Å². The number of ether oxygens (including phenoxy) is 1. The van der Waals surface area contributed by atoms with Crippen LogP contribution in [0.1, 0.15) is 306 Å². The zero-order valence-electron chi connectivity index (χ0n) is 81.9. The van der Waals surface area contributed by atoms with Crippen LogP contribution in [0.2, 0.25) is 0 Å². The molecule has 6 saturated heterocycles. The number of aryl methyl sites for hydroxylation is 1. The molecule has 0 bridgehead atoms. The lowest BCUT2D eigenvalue weighted by Gasteiger charge is -2.36. The first-order valence-electron chi connectivity index (χ1n) is 47.3.